The largest absolute Gasteiger partial charge is 0.496 e. The molecule has 0 radical (unpaired) electrons. The SMILES string of the molecule is COc1ccc(N2CCOCC2)c2c1CC(NC(=O)c1ccc(Cn3cccc3)cc1)=N2. The summed E-state index contributed by atoms with van der Waals surface area (Å²) in [6.45, 7) is 3.83. The van der Waals surface area contributed by atoms with E-state index in [-0.39, 0.29) is 5.91 Å². The van der Waals surface area contributed by atoms with Gasteiger partial charge in [0.05, 0.1) is 31.7 Å². The lowest BCUT2D eigenvalue weighted by Gasteiger charge is -2.30. The highest BCUT2D eigenvalue weighted by atomic mass is 16.5. The summed E-state index contributed by atoms with van der Waals surface area (Å²) in [5, 5.41) is 3.00. The van der Waals surface area contributed by atoms with E-state index in [1.54, 1.807) is 7.11 Å². The number of fused-ring (bicyclic) bond motifs is 1. The van der Waals surface area contributed by atoms with E-state index < -0.39 is 0 Å². The number of carbonyl (C=O) groups is 1. The molecule has 32 heavy (non-hydrogen) atoms. The Bertz CT molecular complexity index is 1130. The number of morpholine rings is 1. The number of hydrogen-bond donors (Lipinski definition) is 1. The second kappa shape index (κ2) is 8.88. The van der Waals surface area contributed by atoms with Crippen LogP contribution in [0.5, 0.6) is 5.75 Å². The van der Waals surface area contributed by atoms with Crippen LogP contribution in [-0.2, 0) is 17.7 Å². The molecule has 0 bridgehead atoms. The van der Waals surface area contributed by atoms with Crippen LogP contribution >= 0.6 is 0 Å². The summed E-state index contributed by atoms with van der Waals surface area (Å²) < 4.78 is 13.1. The molecule has 2 aromatic carbocycles. The van der Waals surface area contributed by atoms with Gasteiger partial charge in [0.25, 0.3) is 5.91 Å². The molecule has 1 aromatic heterocycles. The van der Waals surface area contributed by atoms with Gasteiger partial charge in [0, 0.05) is 49.6 Å². The van der Waals surface area contributed by atoms with Crippen LogP contribution < -0.4 is 15.0 Å². The first-order valence-corrected chi connectivity index (χ1v) is 10.8. The summed E-state index contributed by atoms with van der Waals surface area (Å²) in [4.78, 5) is 19.9. The normalized spacial score (nSPS) is 15.3. The fraction of sp³-hybridized carbons (Fsp3) is 0.280. The highest BCUT2D eigenvalue weighted by Gasteiger charge is 2.26. The van der Waals surface area contributed by atoms with Crippen LogP contribution in [0, 0.1) is 0 Å². The molecule has 3 aromatic rings. The molecule has 1 fully saturated rings. The molecule has 164 valence electrons. The van der Waals surface area contributed by atoms with Crippen LogP contribution in [0.4, 0.5) is 11.4 Å². The van der Waals surface area contributed by atoms with Crippen molar-refractivity contribution in [3.63, 3.8) is 0 Å². The van der Waals surface area contributed by atoms with E-state index in [1.165, 1.54) is 0 Å². The van der Waals surface area contributed by atoms with Crippen molar-refractivity contribution >= 4 is 23.1 Å². The van der Waals surface area contributed by atoms with Crippen LogP contribution in [0.1, 0.15) is 21.5 Å². The molecule has 7 nitrogen and oxygen atoms in total. The molecule has 5 rings (SSSR count). The van der Waals surface area contributed by atoms with Crippen LogP contribution in [0.3, 0.4) is 0 Å². The highest BCUT2D eigenvalue weighted by Crippen LogP contribution is 2.42. The molecule has 1 N–H and O–H groups in total. The number of benzene rings is 2. The van der Waals surface area contributed by atoms with Gasteiger partial charge in [0.15, 0.2) is 0 Å². The van der Waals surface area contributed by atoms with Crippen LogP contribution in [-0.4, -0.2) is 49.7 Å². The number of aromatic nitrogens is 1. The van der Waals surface area contributed by atoms with Gasteiger partial charge < -0.3 is 24.3 Å². The van der Waals surface area contributed by atoms with Crippen molar-refractivity contribution < 1.29 is 14.3 Å². The van der Waals surface area contributed by atoms with Crippen molar-refractivity contribution in [1.29, 1.82) is 0 Å². The number of nitrogens with zero attached hydrogens (tertiary/aromatic N) is 3. The molecule has 1 amide bonds. The summed E-state index contributed by atoms with van der Waals surface area (Å²) in [5.41, 5.74) is 4.70. The molecule has 0 spiro atoms. The van der Waals surface area contributed by atoms with Crippen LogP contribution in [0.25, 0.3) is 0 Å². The van der Waals surface area contributed by atoms with Crippen molar-refractivity contribution in [1.82, 2.24) is 9.88 Å². The number of ether oxygens (including phenoxy) is 2. The Morgan fingerprint density at radius 2 is 1.84 bits per heavy atom. The molecule has 2 aliphatic rings. The average molecular weight is 431 g/mol. The van der Waals surface area contributed by atoms with Gasteiger partial charge in [-0.05, 0) is 42.0 Å². The maximum absolute atomic E-state index is 12.9. The van der Waals surface area contributed by atoms with Crippen LogP contribution in [0.2, 0.25) is 0 Å². The third kappa shape index (κ3) is 4.11. The average Bonchev–Trinajstić information content (AvgIpc) is 3.49. The summed E-state index contributed by atoms with van der Waals surface area (Å²) in [6.07, 6.45) is 4.58. The number of aliphatic imine (C=N–C) groups is 1. The van der Waals surface area contributed by atoms with E-state index >= 15 is 0 Å². The second-order valence-electron chi connectivity index (χ2n) is 7.96. The number of anilines is 1. The quantitative estimate of drug-likeness (QED) is 0.674. The van der Waals surface area contributed by atoms with Crippen molar-refractivity contribution in [3.05, 3.63) is 77.6 Å². The zero-order valence-electron chi connectivity index (χ0n) is 18.1. The molecule has 0 aliphatic carbocycles. The van der Waals surface area contributed by atoms with Crippen molar-refractivity contribution in [2.45, 2.75) is 13.0 Å². The van der Waals surface area contributed by atoms with Crippen molar-refractivity contribution in [3.8, 4) is 5.75 Å². The topological polar surface area (TPSA) is 68.1 Å². The van der Waals surface area contributed by atoms with E-state index in [2.05, 4.69) is 14.8 Å². The number of amides is 1. The van der Waals surface area contributed by atoms with E-state index in [4.69, 9.17) is 14.5 Å². The summed E-state index contributed by atoms with van der Waals surface area (Å²) in [7, 11) is 1.66. The van der Waals surface area contributed by atoms with E-state index in [0.29, 0.717) is 31.0 Å². The van der Waals surface area contributed by atoms with Crippen molar-refractivity contribution in [2.75, 3.05) is 38.3 Å². The maximum Gasteiger partial charge on any atom is 0.256 e. The summed E-state index contributed by atoms with van der Waals surface area (Å²) >= 11 is 0. The second-order valence-corrected chi connectivity index (χ2v) is 7.96. The van der Waals surface area contributed by atoms with Gasteiger partial charge in [-0.15, -0.1) is 0 Å². The Hall–Kier alpha value is -3.58. The van der Waals surface area contributed by atoms with Gasteiger partial charge in [0.1, 0.15) is 11.6 Å². The van der Waals surface area contributed by atoms with Gasteiger partial charge in [-0.3, -0.25) is 4.79 Å². The first-order valence-electron chi connectivity index (χ1n) is 10.8. The number of amidine groups is 1. The zero-order valence-corrected chi connectivity index (χ0v) is 18.1. The van der Waals surface area contributed by atoms with Gasteiger partial charge >= 0.3 is 0 Å². The van der Waals surface area contributed by atoms with Crippen LogP contribution in [0.15, 0.2) is 65.9 Å². The third-order valence-electron chi connectivity index (χ3n) is 5.89. The molecule has 0 unspecified atom stereocenters. The minimum absolute atomic E-state index is 0.157. The summed E-state index contributed by atoms with van der Waals surface area (Å²) in [6, 6.07) is 15.7. The molecule has 0 atom stereocenters. The Labute approximate surface area is 187 Å². The Morgan fingerprint density at radius 1 is 1.09 bits per heavy atom. The predicted molar refractivity (Wildman–Crippen MR) is 124 cm³/mol. The fourth-order valence-corrected chi connectivity index (χ4v) is 4.22. The molecule has 2 aliphatic heterocycles. The minimum atomic E-state index is -0.157. The lowest BCUT2D eigenvalue weighted by molar-refractivity contribution is 0.0976. The predicted octanol–water partition coefficient (Wildman–Crippen LogP) is 3.40. The van der Waals surface area contributed by atoms with Gasteiger partial charge in [-0.1, -0.05) is 12.1 Å². The Balaban J connectivity index is 1.32. The van der Waals surface area contributed by atoms with Gasteiger partial charge in [-0.2, -0.15) is 0 Å². The van der Waals surface area contributed by atoms with Gasteiger partial charge in [-0.25, -0.2) is 4.99 Å². The summed E-state index contributed by atoms with van der Waals surface area (Å²) in [5.74, 6) is 1.27. The fourth-order valence-electron chi connectivity index (χ4n) is 4.22. The molecule has 1 saturated heterocycles. The van der Waals surface area contributed by atoms with E-state index in [9.17, 15) is 4.79 Å². The molecular formula is C25H26N4O3. The van der Waals surface area contributed by atoms with Crippen molar-refractivity contribution in [2.24, 2.45) is 4.99 Å². The molecule has 7 heteroatoms. The molecule has 0 saturated carbocycles. The minimum Gasteiger partial charge on any atom is -0.496 e. The van der Waals surface area contributed by atoms with Gasteiger partial charge in [0.2, 0.25) is 0 Å². The highest BCUT2D eigenvalue weighted by molar-refractivity contribution is 6.10. The zero-order chi connectivity index (χ0) is 21.9. The number of methoxy groups -OCH3 is 1. The third-order valence-corrected chi connectivity index (χ3v) is 5.89. The number of nitrogens with one attached hydrogen (secondary N) is 1. The Kier molecular flexibility index (Phi) is 5.64. The number of hydrogen-bond acceptors (Lipinski definition) is 5. The maximum atomic E-state index is 12.9. The molecule has 3 heterocycles. The smallest absolute Gasteiger partial charge is 0.256 e. The first-order chi connectivity index (χ1) is 15.7. The monoisotopic (exact) mass is 430 g/mol. The van der Waals surface area contributed by atoms with E-state index in [1.807, 2.05) is 60.9 Å². The molecular weight excluding hydrogens is 404 g/mol. The lowest BCUT2D eigenvalue weighted by atomic mass is 10.1. The standard InChI is InChI=1S/C25H26N4O3/c1-31-22-9-8-21(29-12-14-32-15-13-29)24-20(22)16-23(26-24)27-25(30)19-6-4-18(5-7-19)17-28-10-2-3-11-28/h2-11H,12-17H2,1H3,(H,26,27,30). The lowest BCUT2D eigenvalue weighted by Crippen LogP contribution is -2.36. The first kappa shape index (κ1) is 20.3. The Morgan fingerprint density at radius 3 is 2.56 bits per heavy atom. The van der Waals surface area contributed by atoms with E-state index in [0.717, 1.165) is 47.9 Å². The number of rotatable bonds is 5. The number of carbonyl (C=O) groups excluding carboxylic acids is 1.